The summed E-state index contributed by atoms with van der Waals surface area (Å²) < 4.78 is 0. The van der Waals surface area contributed by atoms with E-state index in [1.807, 2.05) is 18.2 Å². The summed E-state index contributed by atoms with van der Waals surface area (Å²) in [6, 6.07) is 5.57. The maximum atomic E-state index is 12.1. The molecule has 1 amide bonds. The largest absolute Gasteiger partial charge is 0.351 e. The summed E-state index contributed by atoms with van der Waals surface area (Å²) in [5.74, 6) is 0.480. The highest BCUT2D eigenvalue weighted by molar-refractivity contribution is 5.97. The number of fused-ring (bicyclic) bond motifs is 1. The van der Waals surface area contributed by atoms with Crippen molar-refractivity contribution in [2.75, 3.05) is 6.54 Å². The number of benzene rings is 1. The Labute approximate surface area is 113 Å². The van der Waals surface area contributed by atoms with Crippen LogP contribution in [-0.2, 0) is 0 Å². The number of carbonyl (C=O) groups is 1. The van der Waals surface area contributed by atoms with Crippen LogP contribution in [0.1, 0.15) is 38.1 Å². The van der Waals surface area contributed by atoms with Gasteiger partial charge in [0.05, 0.1) is 11.7 Å². The molecule has 0 aliphatic heterocycles. The Morgan fingerprint density at radius 2 is 2.16 bits per heavy atom. The first-order valence-electron chi connectivity index (χ1n) is 6.61. The van der Waals surface area contributed by atoms with Gasteiger partial charge in [-0.25, -0.2) is 0 Å². The first-order chi connectivity index (χ1) is 8.90. The second kappa shape index (κ2) is 5.03. The van der Waals surface area contributed by atoms with Crippen LogP contribution in [0, 0.1) is 11.3 Å². The average Bonchev–Trinajstić information content (AvgIpc) is 2.82. The molecule has 0 bridgehead atoms. The maximum Gasteiger partial charge on any atom is 0.251 e. The fraction of sp³-hybridized carbons (Fsp3) is 0.467. The van der Waals surface area contributed by atoms with Crippen LogP contribution >= 0.6 is 0 Å². The SMILES string of the molecule is CC(C)C(C)(C)CNC(=O)c1ccc2cn[nH]c2c1. The number of rotatable bonds is 4. The van der Waals surface area contributed by atoms with Gasteiger partial charge in [0, 0.05) is 17.5 Å². The lowest BCUT2D eigenvalue weighted by Gasteiger charge is -2.29. The van der Waals surface area contributed by atoms with Crippen LogP contribution in [0.15, 0.2) is 24.4 Å². The van der Waals surface area contributed by atoms with Gasteiger partial charge in [-0.2, -0.15) is 5.10 Å². The molecule has 0 spiro atoms. The highest BCUT2D eigenvalue weighted by Gasteiger charge is 2.23. The molecular weight excluding hydrogens is 238 g/mol. The monoisotopic (exact) mass is 259 g/mol. The maximum absolute atomic E-state index is 12.1. The Morgan fingerprint density at radius 1 is 1.42 bits per heavy atom. The molecule has 4 heteroatoms. The van der Waals surface area contributed by atoms with Gasteiger partial charge >= 0.3 is 0 Å². The Kier molecular flexibility index (Phi) is 3.60. The molecule has 0 atom stereocenters. The number of nitrogens with one attached hydrogen (secondary N) is 2. The first-order valence-corrected chi connectivity index (χ1v) is 6.61. The zero-order valence-electron chi connectivity index (χ0n) is 11.9. The van der Waals surface area contributed by atoms with E-state index in [9.17, 15) is 4.79 Å². The molecule has 1 aromatic carbocycles. The molecular formula is C15H21N3O. The van der Waals surface area contributed by atoms with E-state index in [2.05, 4.69) is 43.2 Å². The Morgan fingerprint density at radius 3 is 2.84 bits per heavy atom. The minimum absolute atomic E-state index is 0.0368. The van der Waals surface area contributed by atoms with Crippen LogP contribution in [0.2, 0.25) is 0 Å². The van der Waals surface area contributed by atoms with Gasteiger partial charge in [0.15, 0.2) is 0 Å². The smallest absolute Gasteiger partial charge is 0.251 e. The Bertz CT molecular complexity index is 584. The molecule has 0 saturated carbocycles. The summed E-state index contributed by atoms with van der Waals surface area (Å²) in [6.45, 7) is 9.34. The van der Waals surface area contributed by atoms with Gasteiger partial charge in [0.25, 0.3) is 5.91 Å². The molecule has 1 aromatic heterocycles. The minimum Gasteiger partial charge on any atom is -0.351 e. The number of hydrogen-bond donors (Lipinski definition) is 2. The van der Waals surface area contributed by atoms with E-state index < -0.39 is 0 Å². The normalized spacial score (nSPS) is 12.1. The van der Waals surface area contributed by atoms with Crippen molar-refractivity contribution < 1.29 is 4.79 Å². The molecule has 2 aromatic rings. The summed E-state index contributed by atoms with van der Waals surface area (Å²) >= 11 is 0. The van der Waals surface area contributed by atoms with Crippen LogP contribution in [0.3, 0.4) is 0 Å². The first kappa shape index (κ1) is 13.6. The molecule has 4 nitrogen and oxygen atoms in total. The van der Waals surface area contributed by atoms with Gasteiger partial charge in [-0.3, -0.25) is 9.89 Å². The molecule has 0 aliphatic carbocycles. The lowest BCUT2D eigenvalue weighted by atomic mass is 9.81. The van der Waals surface area contributed by atoms with E-state index in [1.54, 1.807) is 6.20 Å². The van der Waals surface area contributed by atoms with E-state index in [1.165, 1.54) is 0 Å². The predicted octanol–water partition coefficient (Wildman–Crippen LogP) is 2.97. The third-order valence-corrected chi connectivity index (χ3v) is 3.97. The molecule has 0 radical (unpaired) electrons. The van der Waals surface area contributed by atoms with Crippen molar-refractivity contribution in [2.45, 2.75) is 27.7 Å². The quantitative estimate of drug-likeness (QED) is 0.886. The summed E-state index contributed by atoms with van der Waals surface area (Å²) in [5, 5.41) is 10.8. The summed E-state index contributed by atoms with van der Waals surface area (Å²) in [5.41, 5.74) is 1.64. The highest BCUT2D eigenvalue weighted by Crippen LogP contribution is 2.24. The molecule has 0 aliphatic rings. The Balaban J connectivity index is 2.07. The number of aromatic amines is 1. The average molecular weight is 259 g/mol. The number of hydrogen-bond acceptors (Lipinski definition) is 2. The molecule has 1 heterocycles. The zero-order chi connectivity index (χ0) is 14.0. The van der Waals surface area contributed by atoms with Crippen molar-refractivity contribution in [1.82, 2.24) is 15.5 Å². The van der Waals surface area contributed by atoms with Crippen molar-refractivity contribution in [3.8, 4) is 0 Å². The topological polar surface area (TPSA) is 57.8 Å². The molecule has 0 fully saturated rings. The van der Waals surface area contributed by atoms with E-state index >= 15 is 0 Å². The minimum atomic E-state index is -0.0368. The second-order valence-electron chi connectivity index (χ2n) is 6.00. The van der Waals surface area contributed by atoms with Crippen LogP contribution in [0.25, 0.3) is 10.9 Å². The third kappa shape index (κ3) is 2.95. The second-order valence-corrected chi connectivity index (χ2v) is 6.00. The van der Waals surface area contributed by atoms with Gasteiger partial charge in [0.1, 0.15) is 0 Å². The van der Waals surface area contributed by atoms with Crippen molar-refractivity contribution in [1.29, 1.82) is 0 Å². The van der Waals surface area contributed by atoms with Gasteiger partial charge in [-0.05, 0) is 23.5 Å². The molecule has 0 saturated heterocycles. The summed E-state index contributed by atoms with van der Waals surface area (Å²) in [6.07, 6.45) is 1.75. The third-order valence-electron chi connectivity index (χ3n) is 3.97. The number of amides is 1. The molecule has 19 heavy (non-hydrogen) atoms. The lowest BCUT2D eigenvalue weighted by molar-refractivity contribution is 0.0925. The van der Waals surface area contributed by atoms with Crippen molar-refractivity contribution in [3.05, 3.63) is 30.0 Å². The molecule has 2 rings (SSSR count). The van der Waals surface area contributed by atoms with Crippen molar-refractivity contribution in [3.63, 3.8) is 0 Å². The summed E-state index contributed by atoms with van der Waals surface area (Å²) in [4.78, 5) is 12.1. The van der Waals surface area contributed by atoms with Crippen LogP contribution in [0.5, 0.6) is 0 Å². The van der Waals surface area contributed by atoms with Crippen LogP contribution in [-0.4, -0.2) is 22.6 Å². The van der Waals surface area contributed by atoms with Crippen molar-refractivity contribution in [2.24, 2.45) is 11.3 Å². The van der Waals surface area contributed by atoms with Gasteiger partial charge in [-0.15, -0.1) is 0 Å². The Hall–Kier alpha value is -1.84. The van der Waals surface area contributed by atoms with Gasteiger partial charge < -0.3 is 5.32 Å². The van der Waals surface area contributed by atoms with Gasteiger partial charge in [0.2, 0.25) is 0 Å². The number of carbonyl (C=O) groups excluding carboxylic acids is 1. The van der Waals surface area contributed by atoms with Crippen LogP contribution in [0.4, 0.5) is 0 Å². The highest BCUT2D eigenvalue weighted by atomic mass is 16.1. The lowest BCUT2D eigenvalue weighted by Crippen LogP contribution is -2.36. The number of H-pyrrole nitrogens is 1. The van der Waals surface area contributed by atoms with Crippen molar-refractivity contribution >= 4 is 16.8 Å². The number of aromatic nitrogens is 2. The predicted molar refractivity (Wildman–Crippen MR) is 77.0 cm³/mol. The fourth-order valence-electron chi connectivity index (χ4n) is 1.69. The number of nitrogens with zero attached hydrogens (tertiary/aromatic N) is 1. The van der Waals surface area contributed by atoms with Crippen LogP contribution < -0.4 is 5.32 Å². The van der Waals surface area contributed by atoms with E-state index in [0.717, 1.165) is 10.9 Å². The molecule has 102 valence electrons. The van der Waals surface area contributed by atoms with Gasteiger partial charge in [-0.1, -0.05) is 33.8 Å². The van der Waals surface area contributed by atoms with E-state index in [4.69, 9.17) is 0 Å². The summed E-state index contributed by atoms with van der Waals surface area (Å²) in [7, 11) is 0. The standard InChI is InChI=1S/C15H21N3O/c1-10(2)15(3,4)9-16-14(19)11-5-6-12-8-17-18-13(12)7-11/h5-8,10H,9H2,1-4H3,(H,16,19)(H,17,18). The van der Waals surface area contributed by atoms with E-state index in [0.29, 0.717) is 18.0 Å². The molecule has 0 unspecified atom stereocenters. The fourth-order valence-corrected chi connectivity index (χ4v) is 1.69. The molecule has 2 N–H and O–H groups in total. The van der Waals surface area contributed by atoms with E-state index in [-0.39, 0.29) is 11.3 Å². The zero-order valence-corrected chi connectivity index (χ0v) is 11.9.